The van der Waals surface area contributed by atoms with Crippen LogP contribution in [0.5, 0.6) is 0 Å². The third-order valence-electron chi connectivity index (χ3n) is 5.73. The van der Waals surface area contributed by atoms with Crippen LogP contribution in [0.1, 0.15) is 41.5 Å². The van der Waals surface area contributed by atoms with Gasteiger partial charge in [0.1, 0.15) is 0 Å². The standard InChI is InChI=1S/C24H22N2S/c1-16-13-24-23(11-12-27-24)21(17(16)2)10-9-20-8-7-19(15-26-20)22-6-4-3-5-18(22)14-25/h3-12,15-17,21H,13H2,1-2H3. The normalized spacial score (nSPS) is 21.7. The van der Waals surface area contributed by atoms with Crippen LogP contribution in [0.4, 0.5) is 0 Å². The van der Waals surface area contributed by atoms with Gasteiger partial charge in [-0.1, -0.05) is 44.2 Å². The average Bonchev–Trinajstić information content (AvgIpc) is 3.16. The highest BCUT2D eigenvalue weighted by atomic mass is 32.1. The van der Waals surface area contributed by atoms with E-state index in [0.717, 1.165) is 16.8 Å². The summed E-state index contributed by atoms with van der Waals surface area (Å²) in [5, 5.41) is 11.5. The molecule has 0 amide bonds. The molecule has 1 aliphatic carbocycles. The molecule has 27 heavy (non-hydrogen) atoms. The Labute approximate surface area is 164 Å². The monoisotopic (exact) mass is 370 g/mol. The molecule has 0 bridgehead atoms. The van der Waals surface area contributed by atoms with Crippen LogP contribution >= 0.6 is 11.3 Å². The third kappa shape index (κ3) is 3.46. The molecule has 0 saturated carbocycles. The Hall–Kier alpha value is -2.70. The van der Waals surface area contributed by atoms with Crippen molar-refractivity contribution < 1.29 is 0 Å². The zero-order chi connectivity index (χ0) is 18.8. The zero-order valence-corrected chi connectivity index (χ0v) is 16.4. The van der Waals surface area contributed by atoms with Crippen LogP contribution in [0.2, 0.25) is 0 Å². The van der Waals surface area contributed by atoms with Crippen molar-refractivity contribution >= 4 is 17.4 Å². The Morgan fingerprint density at radius 1 is 1.15 bits per heavy atom. The Kier molecular flexibility index (Phi) is 4.92. The summed E-state index contributed by atoms with van der Waals surface area (Å²) in [5.74, 6) is 1.78. The Balaban J connectivity index is 1.58. The zero-order valence-electron chi connectivity index (χ0n) is 15.6. The number of fused-ring (bicyclic) bond motifs is 1. The average molecular weight is 371 g/mol. The fraction of sp³-hybridized carbons (Fsp3) is 0.250. The largest absolute Gasteiger partial charge is 0.256 e. The molecule has 0 N–H and O–H groups in total. The molecule has 3 heteroatoms. The third-order valence-corrected chi connectivity index (χ3v) is 6.69. The summed E-state index contributed by atoms with van der Waals surface area (Å²) in [6, 6.07) is 16.3. The minimum absolute atomic E-state index is 0.454. The molecule has 0 aliphatic heterocycles. The molecule has 3 aromatic rings. The lowest BCUT2D eigenvalue weighted by Gasteiger charge is -2.32. The lowest BCUT2D eigenvalue weighted by atomic mass is 9.73. The summed E-state index contributed by atoms with van der Waals surface area (Å²) in [7, 11) is 0. The van der Waals surface area contributed by atoms with Crippen LogP contribution < -0.4 is 0 Å². The van der Waals surface area contributed by atoms with Gasteiger partial charge in [0.15, 0.2) is 0 Å². The van der Waals surface area contributed by atoms with E-state index in [0.29, 0.717) is 23.3 Å². The van der Waals surface area contributed by atoms with E-state index in [4.69, 9.17) is 0 Å². The smallest absolute Gasteiger partial charge is 0.0998 e. The maximum atomic E-state index is 9.29. The number of rotatable bonds is 3. The minimum atomic E-state index is 0.454. The van der Waals surface area contributed by atoms with Crippen molar-refractivity contribution in [1.29, 1.82) is 5.26 Å². The number of pyridine rings is 1. The van der Waals surface area contributed by atoms with E-state index in [1.807, 2.05) is 53.9 Å². The van der Waals surface area contributed by atoms with E-state index in [2.05, 4.69) is 48.5 Å². The van der Waals surface area contributed by atoms with Crippen LogP contribution in [0.15, 0.2) is 60.1 Å². The SMILES string of the molecule is CC1Cc2sccc2C(C=Cc2ccc(-c3ccccc3C#N)cn2)C1C. The molecule has 3 atom stereocenters. The summed E-state index contributed by atoms with van der Waals surface area (Å²) < 4.78 is 0. The number of hydrogen-bond donors (Lipinski definition) is 0. The molecule has 1 aliphatic rings. The quantitative estimate of drug-likeness (QED) is 0.542. The molecule has 4 rings (SSSR count). The van der Waals surface area contributed by atoms with E-state index >= 15 is 0 Å². The first-order valence-corrected chi connectivity index (χ1v) is 10.3. The summed E-state index contributed by atoms with van der Waals surface area (Å²) in [6.45, 7) is 4.71. The summed E-state index contributed by atoms with van der Waals surface area (Å²) >= 11 is 1.88. The van der Waals surface area contributed by atoms with E-state index in [-0.39, 0.29) is 0 Å². The Morgan fingerprint density at radius 2 is 2.00 bits per heavy atom. The summed E-state index contributed by atoms with van der Waals surface area (Å²) in [6.07, 6.45) is 7.51. The Morgan fingerprint density at radius 3 is 2.78 bits per heavy atom. The molecule has 3 unspecified atom stereocenters. The highest BCUT2D eigenvalue weighted by molar-refractivity contribution is 7.10. The van der Waals surface area contributed by atoms with Gasteiger partial charge in [-0.15, -0.1) is 11.3 Å². The fourth-order valence-corrected chi connectivity index (χ4v) is 4.98. The number of allylic oxidation sites excluding steroid dienone is 1. The lowest BCUT2D eigenvalue weighted by Crippen LogP contribution is -2.23. The van der Waals surface area contributed by atoms with Crippen molar-refractivity contribution in [3.8, 4) is 17.2 Å². The minimum Gasteiger partial charge on any atom is -0.256 e. The predicted molar refractivity (Wildman–Crippen MR) is 113 cm³/mol. The van der Waals surface area contributed by atoms with Crippen molar-refractivity contribution in [2.45, 2.75) is 26.2 Å². The second-order valence-electron chi connectivity index (χ2n) is 7.35. The van der Waals surface area contributed by atoms with E-state index in [1.54, 1.807) is 0 Å². The molecular formula is C24H22N2S. The van der Waals surface area contributed by atoms with E-state index < -0.39 is 0 Å². The van der Waals surface area contributed by atoms with Crippen molar-refractivity contribution in [3.63, 3.8) is 0 Å². The van der Waals surface area contributed by atoms with Crippen LogP contribution in [-0.4, -0.2) is 4.98 Å². The number of aromatic nitrogens is 1. The number of hydrogen-bond acceptors (Lipinski definition) is 3. The number of nitrogens with zero attached hydrogens (tertiary/aromatic N) is 2. The van der Waals surface area contributed by atoms with Crippen molar-refractivity contribution in [2.75, 3.05) is 0 Å². The highest BCUT2D eigenvalue weighted by Gasteiger charge is 2.30. The molecule has 2 heterocycles. The first-order valence-electron chi connectivity index (χ1n) is 9.37. The molecule has 0 saturated heterocycles. The summed E-state index contributed by atoms with van der Waals surface area (Å²) in [4.78, 5) is 6.14. The maximum absolute atomic E-state index is 9.29. The van der Waals surface area contributed by atoms with Crippen molar-refractivity contribution in [2.24, 2.45) is 11.8 Å². The van der Waals surface area contributed by atoms with Gasteiger partial charge in [-0.2, -0.15) is 5.26 Å². The number of nitriles is 1. The lowest BCUT2D eigenvalue weighted by molar-refractivity contribution is 0.336. The van der Waals surface area contributed by atoms with Crippen LogP contribution in [0.25, 0.3) is 17.2 Å². The van der Waals surface area contributed by atoms with E-state index in [9.17, 15) is 5.26 Å². The second-order valence-corrected chi connectivity index (χ2v) is 8.35. The van der Waals surface area contributed by atoms with Gasteiger partial charge in [-0.05, 0) is 53.5 Å². The van der Waals surface area contributed by atoms with Gasteiger partial charge in [-0.25, -0.2) is 0 Å². The van der Waals surface area contributed by atoms with Crippen molar-refractivity contribution in [3.05, 3.63) is 81.8 Å². The van der Waals surface area contributed by atoms with Crippen LogP contribution in [0, 0.1) is 23.2 Å². The van der Waals surface area contributed by atoms with E-state index in [1.165, 1.54) is 16.9 Å². The number of benzene rings is 1. The first kappa shape index (κ1) is 17.7. The topological polar surface area (TPSA) is 36.7 Å². The van der Waals surface area contributed by atoms with Gasteiger partial charge in [0.25, 0.3) is 0 Å². The van der Waals surface area contributed by atoms with Crippen molar-refractivity contribution in [1.82, 2.24) is 4.98 Å². The number of thiophene rings is 1. The molecule has 2 nitrogen and oxygen atoms in total. The first-order chi connectivity index (χ1) is 13.2. The van der Waals surface area contributed by atoms with Gasteiger partial charge in [0.2, 0.25) is 0 Å². The van der Waals surface area contributed by atoms with Gasteiger partial charge >= 0.3 is 0 Å². The van der Waals surface area contributed by atoms with Gasteiger partial charge in [0.05, 0.1) is 17.3 Å². The summed E-state index contributed by atoms with van der Waals surface area (Å²) in [5.41, 5.74) is 5.03. The molecule has 0 spiro atoms. The highest BCUT2D eigenvalue weighted by Crippen LogP contribution is 2.42. The van der Waals surface area contributed by atoms with Gasteiger partial charge in [-0.3, -0.25) is 4.98 Å². The molecular weight excluding hydrogens is 348 g/mol. The molecule has 134 valence electrons. The molecule has 2 aromatic heterocycles. The van der Waals surface area contributed by atoms with Crippen LogP contribution in [-0.2, 0) is 6.42 Å². The second kappa shape index (κ2) is 7.50. The van der Waals surface area contributed by atoms with Gasteiger partial charge < -0.3 is 0 Å². The fourth-order valence-electron chi connectivity index (χ4n) is 3.91. The molecule has 0 radical (unpaired) electrons. The molecule has 0 fully saturated rings. The maximum Gasteiger partial charge on any atom is 0.0998 e. The molecule has 1 aromatic carbocycles. The predicted octanol–water partition coefficient (Wildman–Crippen LogP) is 6.31. The van der Waals surface area contributed by atoms with Gasteiger partial charge in [0, 0.05) is 28.1 Å². The van der Waals surface area contributed by atoms with Crippen LogP contribution in [0.3, 0.4) is 0 Å². The Bertz CT molecular complexity index is 1010.